The highest BCUT2D eigenvalue weighted by Gasteiger charge is 2.68. The summed E-state index contributed by atoms with van der Waals surface area (Å²) in [4.78, 5) is 12.3. The molecule has 1 aliphatic rings. The molecule has 1 saturated carbocycles. The summed E-state index contributed by atoms with van der Waals surface area (Å²) in [6, 6.07) is 2.11. The Morgan fingerprint density at radius 1 is 1.06 bits per heavy atom. The van der Waals surface area contributed by atoms with E-state index in [4.69, 9.17) is 0 Å². The molecule has 0 unspecified atom stereocenters. The van der Waals surface area contributed by atoms with Gasteiger partial charge in [0, 0.05) is 5.92 Å². The summed E-state index contributed by atoms with van der Waals surface area (Å²) in [7, 11) is 0. The summed E-state index contributed by atoms with van der Waals surface area (Å²) in [5.74, 6) is -1.70. The minimum Gasteiger partial charge on any atom is -0.294 e. The van der Waals surface area contributed by atoms with Crippen molar-refractivity contribution in [1.82, 2.24) is 0 Å². The summed E-state index contributed by atoms with van der Waals surface area (Å²) < 4.78 is 27.3. The topological polar surface area (TPSA) is 17.1 Å². The largest absolute Gasteiger partial charge is 0.294 e. The van der Waals surface area contributed by atoms with Crippen molar-refractivity contribution in [2.45, 2.75) is 34.6 Å². The lowest BCUT2D eigenvalue weighted by atomic mass is 9.99. The molecular formula is C15H18F2O. The third-order valence-corrected chi connectivity index (χ3v) is 4.80. The van der Waals surface area contributed by atoms with Gasteiger partial charge in [-0.25, -0.2) is 8.78 Å². The van der Waals surface area contributed by atoms with Gasteiger partial charge in [-0.05, 0) is 35.4 Å². The fraction of sp³-hybridized carbons (Fsp3) is 0.533. The van der Waals surface area contributed by atoms with Crippen LogP contribution in [0.1, 0.15) is 43.6 Å². The van der Waals surface area contributed by atoms with Crippen molar-refractivity contribution in [1.29, 1.82) is 0 Å². The second-order valence-electron chi connectivity index (χ2n) is 6.32. The molecule has 98 valence electrons. The summed E-state index contributed by atoms with van der Waals surface area (Å²) in [6.45, 7) is 9.42. The van der Waals surface area contributed by atoms with Crippen molar-refractivity contribution < 1.29 is 13.6 Å². The molecule has 0 spiro atoms. The maximum atomic E-state index is 13.8. The van der Waals surface area contributed by atoms with E-state index < -0.39 is 11.6 Å². The maximum absolute atomic E-state index is 13.8. The number of benzene rings is 1. The van der Waals surface area contributed by atoms with E-state index >= 15 is 0 Å². The number of Topliss-reactive ketones (excluding diaryl/α,β-unsaturated/α-hetero) is 1. The van der Waals surface area contributed by atoms with Crippen LogP contribution in [0.2, 0.25) is 0 Å². The van der Waals surface area contributed by atoms with Crippen molar-refractivity contribution in [2.75, 3.05) is 0 Å². The summed E-state index contributed by atoms with van der Waals surface area (Å²) in [6.07, 6.45) is 0. The molecule has 0 saturated heterocycles. The number of hydrogen-bond acceptors (Lipinski definition) is 1. The molecule has 3 heteroatoms. The number of halogens is 2. The van der Waals surface area contributed by atoms with E-state index in [2.05, 4.69) is 0 Å². The zero-order valence-electron chi connectivity index (χ0n) is 11.4. The van der Waals surface area contributed by atoms with Gasteiger partial charge in [-0.1, -0.05) is 27.7 Å². The number of carbonyl (C=O) groups excluding carboxylic acids is 1. The molecule has 1 aromatic carbocycles. The van der Waals surface area contributed by atoms with Crippen molar-refractivity contribution in [3.8, 4) is 0 Å². The van der Waals surface area contributed by atoms with Crippen molar-refractivity contribution in [3.05, 3.63) is 34.9 Å². The number of ketones is 1. The Morgan fingerprint density at radius 2 is 1.56 bits per heavy atom. The Bertz CT molecular complexity index is 516. The van der Waals surface area contributed by atoms with Crippen LogP contribution >= 0.6 is 0 Å². The zero-order chi connectivity index (χ0) is 13.9. The van der Waals surface area contributed by atoms with Gasteiger partial charge in [0.25, 0.3) is 0 Å². The number of hydrogen-bond donors (Lipinski definition) is 0. The van der Waals surface area contributed by atoms with E-state index in [0.29, 0.717) is 0 Å². The van der Waals surface area contributed by atoms with Gasteiger partial charge >= 0.3 is 0 Å². The molecule has 0 amide bonds. The third-order valence-electron chi connectivity index (χ3n) is 4.80. The highest BCUT2D eigenvalue weighted by molar-refractivity contribution is 6.01. The van der Waals surface area contributed by atoms with Gasteiger partial charge in [-0.3, -0.25) is 4.79 Å². The van der Waals surface area contributed by atoms with Gasteiger partial charge in [-0.15, -0.1) is 0 Å². The molecule has 1 nitrogen and oxygen atoms in total. The Kier molecular flexibility index (Phi) is 2.66. The van der Waals surface area contributed by atoms with E-state index in [1.165, 1.54) is 6.92 Å². The van der Waals surface area contributed by atoms with Gasteiger partial charge in [0.05, 0.1) is 5.56 Å². The first-order chi connectivity index (χ1) is 8.10. The van der Waals surface area contributed by atoms with Crippen LogP contribution < -0.4 is 0 Å². The standard InChI is InChI=1S/C15H18F2O/c1-8-6-11(17)9(7-10(8)16)12(18)13-14(2,3)15(13,4)5/h6-7,13H,1-5H3. The number of carbonyl (C=O) groups is 1. The summed E-state index contributed by atoms with van der Waals surface area (Å²) in [5.41, 5.74) is -0.240. The van der Waals surface area contributed by atoms with Gasteiger partial charge in [0.2, 0.25) is 0 Å². The maximum Gasteiger partial charge on any atom is 0.170 e. The first-order valence-electron chi connectivity index (χ1n) is 6.10. The SMILES string of the molecule is Cc1cc(F)c(C(=O)C2C(C)(C)C2(C)C)cc1F. The molecule has 0 N–H and O–H groups in total. The fourth-order valence-electron chi connectivity index (χ4n) is 2.84. The second-order valence-corrected chi connectivity index (χ2v) is 6.32. The molecule has 18 heavy (non-hydrogen) atoms. The van der Waals surface area contributed by atoms with Gasteiger partial charge in [0.15, 0.2) is 5.78 Å². The van der Waals surface area contributed by atoms with Crippen LogP contribution in [-0.4, -0.2) is 5.78 Å². The van der Waals surface area contributed by atoms with Crippen LogP contribution in [0.3, 0.4) is 0 Å². The van der Waals surface area contributed by atoms with Crippen LogP contribution in [0, 0.1) is 35.3 Å². The fourth-order valence-corrected chi connectivity index (χ4v) is 2.84. The Morgan fingerprint density at radius 3 is 2.00 bits per heavy atom. The zero-order valence-corrected chi connectivity index (χ0v) is 11.4. The van der Waals surface area contributed by atoms with E-state index in [-0.39, 0.29) is 33.7 Å². The Hall–Kier alpha value is -1.25. The highest BCUT2D eigenvalue weighted by atomic mass is 19.1. The average Bonchev–Trinajstić information content (AvgIpc) is 2.62. The van der Waals surface area contributed by atoms with E-state index in [1.807, 2.05) is 27.7 Å². The van der Waals surface area contributed by atoms with Crippen LogP contribution in [0.15, 0.2) is 12.1 Å². The van der Waals surface area contributed by atoms with E-state index in [0.717, 1.165) is 12.1 Å². The Balaban J connectivity index is 2.41. The van der Waals surface area contributed by atoms with Gasteiger partial charge in [-0.2, -0.15) is 0 Å². The number of aryl methyl sites for hydroxylation is 1. The molecule has 1 aliphatic carbocycles. The molecule has 0 atom stereocenters. The molecule has 0 heterocycles. The van der Waals surface area contributed by atoms with Crippen LogP contribution in [0.25, 0.3) is 0 Å². The molecule has 0 radical (unpaired) electrons. The highest BCUT2D eigenvalue weighted by Crippen LogP contribution is 2.69. The van der Waals surface area contributed by atoms with Crippen LogP contribution in [0.5, 0.6) is 0 Å². The predicted octanol–water partition coefficient (Wildman–Crippen LogP) is 4.14. The first kappa shape index (κ1) is 13.2. The second kappa shape index (κ2) is 3.62. The molecule has 1 fully saturated rings. The lowest BCUT2D eigenvalue weighted by Crippen LogP contribution is -2.10. The van der Waals surface area contributed by atoms with E-state index in [9.17, 15) is 13.6 Å². The predicted molar refractivity (Wildman–Crippen MR) is 66.5 cm³/mol. The number of rotatable bonds is 2. The smallest absolute Gasteiger partial charge is 0.170 e. The Labute approximate surface area is 106 Å². The monoisotopic (exact) mass is 252 g/mol. The normalized spacial score (nSPS) is 20.8. The molecule has 2 rings (SSSR count). The molecule has 1 aromatic rings. The molecule has 0 bridgehead atoms. The molecule has 0 aromatic heterocycles. The summed E-state index contributed by atoms with van der Waals surface area (Å²) >= 11 is 0. The van der Waals surface area contributed by atoms with Crippen molar-refractivity contribution in [2.24, 2.45) is 16.7 Å². The van der Waals surface area contributed by atoms with Gasteiger partial charge in [0.1, 0.15) is 11.6 Å². The van der Waals surface area contributed by atoms with Crippen molar-refractivity contribution in [3.63, 3.8) is 0 Å². The summed E-state index contributed by atoms with van der Waals surface area (Å²) in [5, 5.41) is 0. The van der Waals surface area contributed by atoms with Crippen LogP contribution in [-0.2, 0) is 0 Å². The van der Waals surface area contributed by atoms with Gasteiger partial charge < -0.3 is 0 Å². The average molecular weight is 252 g/mol. The van der Waals surface area contributed by atoms with Crippen LogP contribution in [0.4, 0.5) is 8.78 Å². The third kappa shape index (κ3) is 1.60. The minimum absolute atomic E-state index is 0.123. The van der Waals surface area contributed by atoms with E-state index in [1.54, 1.807) is 0 Å². The minimum atomic E-state index is -0.627. The molecular weight excluding hydrogens is 234 g/mol. The van der Waals surface area contributed by atoms with Crippen molar-refractivity contribution >= 4 is 5.78 Å². The lowest BCUT2D eigenvalue weighted by Gasteiger charge is -2.06. The molecule has 0 aliphatic heterocycles. The lowest BCUT2D eigenvalue weighted by molar-refractivity contribution is 0.0940. The quantitative estimate of drug-likeness (QED) is 0.723. The first-order valence-corrected chi connectivity index (χ1v) is 6.10.